The van der Waals surface area contributed by atoms with Crippen molar-refractivity contribution in [3.05, 3.63) is 88.5 Å². The fourth-order valence-corrected chi connectivity index (χ4v) is 4.52. The molecule has 0 saturated carbocycles. The Morgan fingerprint density at radius 1 is 0.971 bits per heavy atom. The van der Waals surface area contributed by atoms with E-state index in [0.717, 1.165) is 27.9 Å². The maximum atomic E-state index is 13.4. The molecule has 1 aliphatic rings. The number of anilines is 1. The average molecular weight is 474 g/mol. The third-order valence-electron chi connectivity index (χ3n) is 6.38. The van der Waals surface area contributed by atoms with Gasteiger partial charge in [0.05, 0.1) is 20.3 Å². The normalized spacial score (nSPS) is 14.6. The van der Waals surface area contributed by atoms with Crippen LogP contribution in [0.1, 0.15) is 38.7 Å². The summed E-state index contributed by atoms with van der Waals surface area (Å²) in [5.41, 5.74) is 5.30. The minimum absolute atomic E-state index is 0.172. The second kappa shape index (κ2) is 10.5. The highest BCUT2D eigenvalue weighted by Crippen LogP contribution is 2.38. The molecule has 3 aromatic carbocycles. The van der Waals surface area contributed by atoms with Crippen LogP contribution in [0.25, 0.3) is 0 Å². The van der Waals surface area contributed by atoms with Crippen LogP contribution in [0, 0.1) is 13.8 Å². The number of fused-ring (bicyclic) bond motifs is 1. The Morgan fingerprint density at radius 2 is 1.71 bits per heavy atom. The number of rotatable bonds is 6. The number of methoxy groups -OCH3 is 2. The van der Waals surface area contributed by atoms with E-state index in [0.29, 0.717) is 30.0 Å². The quantitative estimate of drug-likeness (QED) is 0.535. The van der Waals surface area contributed by atoms with Gasteiger partial charge in [0.2, 0.25) is 0 Å². The fraction of sp³-hybridized carbons (Fsp3) is 0.286. The standard InChI is InChI=1S/C28H31N3O4/c1-18-8-7-10-21(14-18)30-28(33)31-13-12-20-15-25(34-3)26(35-4)16-23(20)24(31)17-29-27(32)22-11-6-5-9-19(22)2/h5-11,14-16,24H,12-13,17H2,1-4H3,(H,29,32)(H,30,33)/t24-/m0/s1. The number of nitrogens with one attached hydrogen (secondary N) is 2. The van der Waals surface area contributed by atoms with Crippen molar-refractivity contribution in [2.75, 3.05) is 32.6 Å². The van der Waals surface area contributed by atoms with E-state index in [1.165, 1.54) is 0 Å². The molecule has 7 heteroatoms. The number of ether oxygens (including phenoxy) is 2. The molecule has 7 nitrogen and oxygen atoms in total. The van der Waals surface area contributed by atoms with Crippen LogP contribution in [0.15, 0.2) is 60.7 Å². The Kier molecular flexibility index (Phi) is 7.25. The summed E-state index contributed by atoms with van der Waals surface area (Å²) in [7, 11) is 3.19. The maximum Gasteiger partial charge on any atom is 0.322 e. The summed E-state index contributed by atoms with van der Waals surface area (Å²) in [6.07, 6.45) is 0.666. The van der Waals surface area contributed by atoms with Crippen LogP contribution < -0.4 is 20.1 Å². The summed E-state index contributed by atoms with van der Waals surface area (Å²) in [6, 6.07) is 18.4. The van der Waals surface area contributed by atoms with Gasteiger partial charge in [0.1, 0.15) is 0 Å². The molecule has 0 fully saturated rings. The first-order chi connectivity index (χ1) is 16.9. The molecule has 0 radical (unpaired) electrons. The predicted molar refractivity (Wildman–Crippen MR) is 136 cm³/mol. The fourth-order valence-electron chi connectivity index (χ4n) is 4.52. The zero-order valence-corrected chi connectivity index (χ0v) is 20.6. The summed E-state index contributed by atoms with van der Waals surface area (Å²) < 4.78 is 11.0. The summed E-state index contributed by atoms with van der Waals surface area (Å²) in [5.74, 6) is 1.06. The number of carbonyl (C=O) groups is 2. The van der Waals surface area contributed by atoms with Crippen LogP contribution in [0.2, 0.25) is 0 Å². The molecule has 1 heterocycles. The highest BCUT2D eigenvalue weighted by molar-refractivity contribution is 5.95. The second-order valence-electron chi connectivity index (χ2n) is 8.69. The predicted octanol–water partition coefficient (Wildman–Crippen LogP) is 4.88. The van der Waals surface area contributed by atoms with Crippen molar-refractivity contribution in [2.24, 2.45) is 0 Å². The van der Waals surface area contributed by atoms with Crippen molar-refractivity contribution < 1.29 is 19.1 Å². The monoisotopic (exact) mass is 473 g/mol. The number of benzene rings is 3. The largest absolute Gasteiger partial charge is 0.493 e. The van der Waals surface area contributed by atoms with E-state index in [9.17, 15) is 9.59 Å². The molecule has 0 unspecified atom stereocenters. The molecule has 0 aromatic heterocycles. The molecule has 0 aliphatic carbocycles. The van der Waals surface area contributed by atoms with E-state index >= 15 is 0 Å². The van der Waals surface area contributed by atoms with Crippen LogP contribution in [0.4, 0.5) is 10.5 Å². The number of hydrogen-bond acceptors (Lipinski definition) is 4. The van der Waals surface area contributed by atoms with E-state index in [4.69, 9.17) is 9.47 Å². The molecule has 0 bridgehead atoms. The van der Waals surface area contributed by atoms with Gasteiger partial charge in [-0.2, -0.15) is 0 Å². The average Bonchev–Trinajstić information content (AvgIpc) is 2.86. The molecule has 3 aromatic rings. The first-order valence-electron chi connectivity index (χ1n) is 11.6. The van der Waals surface area contributed by atoms with Gasteiger partial charge in [0, 0.05) is 24.3 Å². The Balaban J connectivity index is 1.64. The highest BCUT2D eigenvalue weighted by Gasteiger charge is 2.33. The van der Waals surface area contributed by atoms with E-state index in [1.54, 1.807) is 25.2 Å². The Labute approximate surface area is 206 Å². The van der Waals surface area contributed by atoms with Gasteiger partial charge in [0.25, 0.3) is 5.91 Å². The first kappa shape index (κ1) is 24.1. The van der Waals surface area contributed by atoms with E-state index in [2.05, 4.69) is 10.6 Å². The van der Waals surface area contributed by atoms with Crippen LogP contribution >= 0.6 is 0 Å². The number of aryl methyl sites for hydroxylation is 2. The van der Waals surface area contributed by atoms with Crippen LogP contribution in [-0.2, 0) is 6.42 Å². The van der Waals surface area contributed by atoms with Crippen molar-refractivity contribution in [2.45, 2.75) is 26.3 Å². The lowest BCUT2D eigenvalue weighted by Gasteiger charge is -2.38. The van der Waals surface area contributed by atoms with Crippen molar-refractivity contribution in [3.8, 4) is 11.5 Å². The van der Waals surface area contributed by atoms with Gasteiger partial charge in [-0.05, 0) is 72.9 Å². The summed E-state index contributed by atoms with van der Waals surface area (Å²) in [4.78, 5) is 28.1. The van der Waals surface area contributed by atoms with Gasteiger partial charge >= 0.3 is 6.03 Å². The van der Waals surface area contributed by atoms with Gasteiger partial charge in [-0.3, -0.25) is 4.79 Å². The lowest BCUT2D eigenvalue weighted by atomic mass is 9.91. The number of urea groups is 1. The third-order valence-corrected chi connectivity index (χ3v) is 6.38. The Morgan fingerprint density at radius 3 is 2.43 bits per heavy atom. The summed E-state index contributed by atoms with van der Waals surface area (Å²) in [6.45, 7) is 4.65. The van der Waals surface area contributed by atoms with Gasteiger partial charge in [-0.1, -0.05) is 30.3 Å². The molecule has 3 amide bonds. The summed E-state index contributed by atoms with van der Waals surface area (Å²) in [5, 5.41) is 6.05. The minimum atomic E-state index is -0.378. The molecular weight excluding hydrogens is 442 g/mol. The lowest BCUT2D eigenvalue weighted by molar-refractivity contribution is 0.0935. The number of hydrogen-bond donors (Lipinski definition) is 2. The molecule has 2 N–H and O–H groups in total. The van der Waals surface area contributed by atoms with E-state index < -0.39 is 0 Å². The van der Waals surface area contributed by atoms with E-state index in [-0.39, 0.29) is 24.5 Å². The lowest BCUT2D eigenvalue weighted by Crippen LogP contribution is -2.47. The molecule has 35 heavy (non-hydrogen) atoms. The SMILES string of the molecule is COc1cc2c(cc1OC)[C@H](CNC(=O)c1ccccc1C)N(C(=O)Nc1cccc(C)c1)CC2. The van der Waals surface area contributed by atoms with Gasteiger partial charge < -0.3 is 25.0 Å². The molecule has 1 aliphatic heterocycles. The number of carbonyl (C=O) groups excluding carboxylic acids is 2. The maximum absolute atomic E-state index is 13.4. The topological polar surface area (TPSA) is 79.9 Å². The number of nitrogens with zero attached hydrogens (tertiary/aromatic N) is 1. The zero-order valence-electron chi connectivity index (χ0n) is 20.6. The number of amides is 3. The molecular formula is C28H31N3O4. The van der Waals surface area contributed by atoms with Crippen LogP contribution in [0.3, 0.4) is 0 Å². The first-order valence-corrected chi connectivity index (χ1v) is 11.6. The summed E-state index contributed by atoms with van der Waals surface area (Å²) >= 11 is 0. The third kappa shape index (κ3) is 5.24. The van der Waals surface area contributed by atoms with E-state index in [1.807, 2.05) is 68.4 Å². The van der Waals surface area contributed by atoms with Gasteiger partial charge in [0.15, 0.2) is 11.5 Å². The van der Waals surface area contributed by atoms with Gasteiger partial charge in [-0.15, -0.1) is 0 Å². The van der Waals surface area contributed by atoms with Crippen molar-refractivity contribution in [3.63, 3.8) is 0 Å². The molecule has 0 spiro atoms. The van der Waals surface area contributed by atoms with Crippen molar-refractivity contribution in [1.29, 1.82) is 0 Å². The van der Waals surface area contributed by atoms with Crippen LogP contribution in [0.5, 0.6) is 11.5 Å². The van der Waals surface area contributed by atoms with Crippen molar-refractivity contribution in [1.82, 2.24) is 10.2 Å². The molecule has 4 rings (SSSR count). The molecule has 1 atom stereocenters. The minimum Gasteiger partial charge on any atom is -0.493 e. The zero-order chi connectivity index (χ0) is 24.9. The highest BCUT2D eigenvalue weighted by atomic mass is 16.5. The smallest absolute Gasteiger partial charge is 0.322 e. The van der Waals surface area contributed by atoms with Crippen LogP contribution in [-0.4, -0.2) is 44.1 Å². The van der Waals surface area contributed by atoms with Gasteiger partial charge in [-0.25, -0.2) is 4.79 Å². The Hall–Kier alpha value is -4.00. The van der Waals surface area contributed by atoms with Crippen molar-refractivity contribution >= 4 is 17.6 Å². The molecule has 0 saturated heterocycles. The second-order valence-corrected chi connectivity index (χ2v) is 8.69. The Bertz CT molecular complexity index is 1240. The molecule has 182 valence electrons.